The molecule has 0 radical (unpaired) electrons. The second-order valence-corrected chi connectivity index (χ2v) is 4.57. The van der Waals surface area contributed by atoms with Crippen LogP contribution in [0.5, 0.6) is 0 Å². The van der Waals surface area contributed by atoms with Crippen molar-refractivity contribution in [3.05, 3.63) is 29.8 Å². The van der Waals surface area contributed by atoms with Crippen molar-refractivity contribution in [3.63, 3.8) is 0 Å². The third kappa shape index (κ3) is 3.57. The van der Waals surface area contributed by atoms with Crippen LogP contribution >= 0.6 is 0 Å². The zero-order valence-corrected chi connectivity index (χ0v) is 11.2. The summed E-state index contributed by atoms with van der Waals surface area (Å²) in [5.41, 5.74) is 1.17. The molecular formula is C14H16N2O4. The fourth-order valence-electron chi connectivity index (χ4n) is 1.90. The van der Waals surface area contributed by atoms with E-state index in [1.807, 2.05) is 0 Å². The summed E-state index contributed by atoms with van der Waals surface area (Å²) in [6.45, 7) is 2.38. The number of amides is 2. The van der Waals surface area contributed by atoms with Crippen molar-refractivity contribution in [1.29, 1.82) is 0 Å². The molecule has 1 aliphatic rings. The van der Waals surface area contributed by atoms with Crippen molar-refractivity contribution >= 4 is 23.5 Å². The van der Waals surface area contributed by atoms with Crippen LogP contribution in [0.15, 0.2) is 24.3 Å². The van der Waals surface area contributed by atoms with Gasteiger partial charge >= 0.3 is 6.09 Å². The molecule has 2 amide bonds. The molecule has 20 heavy (non-hydrogen) atoms. The third-order valence-electron chi connectivity index (χ3n) is 2.97. The highest BCUT2D eigenvalue weighted by molar-refractivity contribution is 5.96. The molecule has 1 aliphatic heterocycles. The van der Waals surface area contributed by atoms with Gasteiger partial charge in [-0.15, -0.1) is 0 Å². The summed E-state index contributed by atoms with van der Waals surface area (Å²) in [5.74, 6) is -0.321. The van der Waals surface area contributed by atoms with Crippen LogP contribution in [0.1, 0.15) is 23.7 Å². The molecule has 0 spiro atoms. The van der Waals surface area contributed by atoms with Crippen molar-refractivity contribution in [2.45, 2.75) is 13.3 Å². The molecule has 1 heterocycles. The lowest BCUT2D eigenvalue weighted by Gasteiger charge is -2.25. The van der Waals surface area contributed by atoms with Crippen molar-refractivity contribution < 1.29 is 19.1 Å². The van der Waals surface area contributed by atoms with Gasteiger partial charge in [-0.05, 0) is 37.6 Å². The predicted molar refractivity (Wildman–Crippen MR) is 72.6 cm³/mol. The highest BCUT2D eigenvalue weighted by Crippen LogP contribution is 2.11. The fraction of sp³-hybridized carbons (Fsp3) is 0.357. The number of ketones is 1. The largest absolute Gasteiger partial charge is 0.449 e. The Morgan fingerprint density at radius 3 is 2.60 bits per heavy atom. The summed E-state index contributed by atoms with van der Waals surface area (Å²) in [4.78, 5) is 35.7. The number of hydrogen-bond acceptors (Lipinski definition) is 4. The lowest BCUT2D eigenvalue weighted by molar-refractivity contribution is -0.117. The zero-order chi connectivity index (χ0) is 14.5. The first-order valence-electron chi connectivity index (χ1n) is 6.39. The van der Waals surface area contributed by atoms with E-state index in [-0.39, 0.29) is 18.2 Å². The van der Waals surface area contributed by atoms with Gasteiger partial charge in [-0.1, -0.05) is 0 Å². The van der Waals surface area contributed by atoms with E-state index in [4.69, 9.17) is 4.74 Å². The minimum absolute atomic E-state index is 0.0288. The molecule has 106 valence electrons. The number of nitrogens with one attached hydrogen (secondary N) is 1. The van der Waals surface area contributed by atoms with E-state index >= 15 is 0 Å². The molecule has 1 saturated heterocycles. The molecule has 1 aromatic carbocycles. The van der Waals surface area contributed by atoms with E-state index in [1.165, 1.54) is 11.8 Å². The standard InChI is InChI=1S/C14H16N2O4/c1-10(17)11-3-5-12(6-4-11)15-13(18)9-16-7-2-8-20-14(16)19/h3-6H,2,7-9H2,1H3,(H,15,18). The number of rotatable bonds is 4. The van der Waals surface area contributed by atoms with E-state index in [0.29, 0.717) is 24.4 Å². The lowest BCUT2D eigenvalue weighted by atomic mass is 10.1. The topological polar surface area (TPSA) is 75.7 Å². The first-order valence-corrected chi connectivity index (χ1v) is 6.39. The first-order chi connectivity index (χ1) is 9.56. The quantitative estimate of drug-likeness (QED) is 0.849. The molecule has 0 atom stereocenters. The summed E-state index contributed by atoms with van der Waals surface area (Å²) in [6, 6.07) is 6.60. The molecule has 2 rings (SSSR count). The van der Waals surface area contributed by atoms with Gasteiger partial charge in [-0.2, -0.15) is 0 Å². The lowest BCUT2D eigenvalue weighted by Crippen LogP contribution is -2.42. The maximum atomic E-state index is 11.8. The van der Waals surface area contributed by atoms with Crippen LogP contribution in [-0.2, 0) is 9.53 Å². The zero-order valence-electron chi connectivity index (χ0n) is 11.2. The maximum absolute atomic E-state index is 11.8. The summed E-state index contributed by atoms with van der Waals surface area (Å²) in [7, 11) is 0. The van der Waals surface area contributed by atoms with Crippen LogP contribution in [0.3, 0.4) is 0 Å². The Kier molecular flexibility index (Phi) is 4.34. The number of carbonyl (C=O) groups is 3. The maximum Gasteiger partial charge on any atom is 0.410 e. The van der Waals surface area contributed by atoms with Crippen molar-refractivity contribution in [2.75, 3.05) is 25.0 Å². The smallest absolute Gasteiger partial charge is 0.410 e. The minimum atomic E-state index is -0.460. The highest BCUT2D eigenvalue weighted by Gasteiger charge is 2.21. The van der Waals surface area contributed by atoms with Gasteiger partial charge in [-0.3, -0.25) is 14.5 Å². The van der Waals surface area contributed by atoms with E-state index < -0.39 is 6.09 Å². The number of carbonyl (C=O) groups excluding carboxylic acids is 3. The van der Waals surface area contributed by atoms with E-state index in [9.17, 15) is 14.4 Å². The summed E-state index contributed by atoms with van der Waals surface area (Å²) in [5, 5.41) is 2.68. The van der Waals surface area contributed by atoms with Crippen LogP contribution < -0.4 is 5.32 Å². The van der Waals surface area contributed by atoms with Crippen molar-refractivity contribution in [1.82, 2.24) is 4.90 Å². The van der Waals surface area contributed by atoms with E-state index in [2.05, 4.69) is 5.32 Å². The van der Waals surface area contributed by atoms with Crippen molar-refractivity contribution in [3.8, 4) is 0 Å². The second-order valence-electron chi connectivity index (χ2n) is 4.57. The number of nitrogens with zero attached hydrogens (tertiary/aromatic N) is 1. The molecule has 0 bridgehead atoms. The van der Waals surface area contributed by atoms with E-state index in [0.717, 1.165) is 6.42 Å². The summed E-state index contributed by atoms with van der Waals surface area (Å²) < 4.78 is 4.85. The molecule has 0 unspecified atom stereocenters. The van der Waals surface area contributed by atoms with Crippen LogP contribution in [-0.4, -0.2) is 42.4 Å². The number of anilines is 1. The Bertz CT molecular complexity index is 524. The minimum Gasteiger partial charge on any atom is -0.449 e. The normalized spacial score (nSPS) is 14.7. The Morgan fingerprint density at radius 2 is 2.00 bits per heavy atom. The fourth-order valence-corrected chi connectivity index (χ4v) is 1.90. The molecule has 0 aliphatic carbocycles. The van der Waals surface area contributed by atoms with Gasteiger partial charge in [0.2, 0.25) is 5.91 Å². The van der Waals surface area contributed by atoms with Crippen LogP contribution in [0.4, 0.5) is 10.5 Å². The average Bonchev–Trinajstić information content (AvgIpc) is 2.42. The Balaban J connectivity index is 1.90. The van der Waals surface area contributed by atoms with Gasteiger partial charge in [0.25, 0.3) is 0 Å². The van der Waals surface area contributed by atoms with E-state index in [1.54, 1.807) is 24.3 Å². The first kappa shape index (κ1) is 14.0. The van der Waals surface area contributed by atoms with Crippen LogP contribution in [0.25, 0.3) is 0 Å². The summed E-state index contributed by atoms with van der Waals surface area (Å²) >= 11 is 0. The number of hydrogen-bond donors (Lipinski definition) is 1. The Labute approximate surface area is 116 Å². The Hall–Kier alpha value is -2.37. The van der Waals surface area contributed by atoms with Gasteiger partial charge in [-0.25, -0.2) is 4.79 Å². The predicted octanol–water partition coefficient (Wildman–Crippen LogP) is 1.67. The number of Topliss-reactive ketones (excluding diaryl/α,β-unsaturated/α-hetero) is 1. The molecule has 1 aromatic rings. The average molecular weight is 276 g/mol. The number of benzene rings is 1. The molecule has 1 N–H and O–H groups in total. The molecule has 0 saturated carbocycles. The molecule has 6 nitrogen and oxygen atoms in total. The molecule has 6 heteroatoms. The summed E-state index contributed by atoms with van der Waals surface area (Å²) in [6.07, 6.45) is 0.269. The second kappa shape index (κ2) is 6.18. The molecular weight excluding hydrogens is 260 g/mol. The van der Waals surface area contributed by atoms with Crippen LogP contribution in [0.2, 0.25) is 0 Å². The number of ether oxygens (including phenoxy) is 1. The monoisotopic (exact) mass is 276 g/mol. The van der Waals surface area contributed by atoms with Gasteiger partial charge < -0.3 is 10.1 Å². The van der Waals surface area contributed by atoms with Gasteiger partial charge in [0, 0.05) is 17.8 Å². The Morgan fingerprint density at radius 1 is 1.30 bits per heavy atom. The van der Waals surface area contributed by atoms with Crippen LogP contribution in [0, 0.1) is 0 Å². The van der Waals surface area contributed by atoms with Gasteiger partial charge in [0.1, 0.15) is 6.54 Å². The molecule has 1 fully saturated rings. The number of cyclic esters (lactones) is 1. The van der Waals surface area contributed by atoms with Crippen molar-refractivity contribution in [2.24, 2.45) is 0 Å². The molecule has 0 aromatic heterocycles. The van der Waals surface area contributed by atoms with Gasteiger partial charge in [0.15, 0.2) is 5.78 Å². The SMILES string of the molecule is CC(=O)c1ccc(NC(=O)CN2CCCOC2=O)cc1. The third-order valence-corrected chi connectivity index (χ3v) is 2.97. The van der Waals surface area contributed by atoms with Gasteiger partial charge in [0.05, 0.1) is 6.61 Å². The highest BCUT2D eigenvalue weighted by atomic mass is 16.6.